The van der Waals surface area contributed by atoms with Crippen molar-refractivity contribution in [1.29, 1.82) is 0 Å². The maximum Gasteiger partial charge on any atom is 0.308 e. The summed E-state index contributed by atoms with van der Waals surface area (Å²) >= 11 is 0. The topological polar surface area (TPSA) is 44.8 Å². The molecule has 0 bridgehead atoms. The summed E-state index contributed by atoms with van der Waals surface area (Å²) < 4.78 is 18.3. The third-order valence-corrected chi connectivity index (χ3v) is 11.7. The highest BCUT2D eigenvalue weighted by molar-refractivity contribution is 6.99. The molecule has 0 aliphatic heterocycles. The van der Waals surface area contributed by atoms with Crippen molar-refractivity contribution in [2.75, 3.05) is 19.8 Å². The van der Waals surface area contributed by atoms with Crippen LogP contribution in [0.2, 0.25) is 5.04 Å². The second-order valence-corrected chi connectivity index (χ2v) is 15.8. The van der Waals surface area contributed by atoms with Crippen LogP contribution in [-0.2, 0) is 18.7 Å². The molecule has 0 saturated heterocycles. The van der Waals surface area contributed by atoms with Crippen LogP contribution in [0.25, 0.3) is 0 Å². The Bertz CT molecular complexity index is 860. The summed E-state index contributed by atoms with van der Waals surface area (Å²) in [6.45, 7) is 14.4. The first-order valence-electron chi connectivity index (χ1n) is 12.6. The Morgan fingerprint density at radius 2 is 1.32 bits per heavy atom. The lowest BCUT2D eigenvalue weighted by molar-refractivity contribution is -0.156. The summed E-state index contributed by atoms with van der Waals surface area (Å²) in [6, 6.07) is 21.6. The van der Waals surface area contributed by atoms with Crippen LogP contribution in [0.15, 0.2) is 60.7 Å². The molecule has 1 aliphatic carbocycles. The number of hydrogen-bond acceptors (Lipinski definition) is 4. The summed E-state index contributed by atoms with van der Waals surface area (Å²) in [7, 11) is -2.50. The molecule has 1 aliphatic rings. The van der Waals surface area contributed by atoms with Gasteiger partial charge in [0, 0.05) is 13.2 Å². The number of hydrogen-bond donors (Lipinski definition) is 0. The maximum atomic E-state index is 11.9. The van der Waals surface area contributed by atoms with Gasteiger partial charge in [-0.05, 0) is 60.9 Å². The van der Waals surface area contributed by atoms with Crippen LogP contribution in [0.3, 0.4) is 0 Å². The fourth-order valence-electron chi connectivity index (χ4n) is 4.85. The van der Waals surface area contributed by atoms with Gasteiger partial charge in [0.25, 0.3) is 8.32 Å². The van der Waals surface area contributed by atoms with Crippen molar-refractivity contribution in [2.24, 2.45) is 11.8 Å². The Morgan fingerprint density at radius 3 is 1.76 bits per heavy atom. The number of esters is 1. The highest BCUT2D eigenvalue weighted by Crippen LogP contribution is 2.40. The Labute approximate surface area is 207 Å². The van der Waals surface area contributed by atoms with E-state index in [1.807, 2.05) is 20.8 Å². The van der Waals surface area contributed by atoms with Gasteiger partial charge in [0.05, 0.1) is 13.0 Å². The van der Waals surface area contributed by atoms with Crippen LogP contribution in [0.5, 0.6) is 0 Å². The summed E-state index contributed by atoms with van der Waals surface area (Å²) in [5.41, 5.74) is -0.450. The van der Waals surface area contributed by atoms with Gasteiger partial charge in [-0.2, -0.15) is 0 Å². The maximum absolute atomic E-state index is 11.9. The molecule has 0 radical (unpaired) electrons. The molecule has 186 valence electrons. The molecule has 0 aromatic heterocycles. The summed E-state index contributed by atoms with van der Waals surface area (Å²) in [4.78, 5) is 11.9. The van der Waals surface area contributed by atoms with Gasteiger partial charge in [0.2, 0.25) is 0 Å². The molecular formula is C29H42O4Si. The predicted octanol–water partition coefficient (Wildman–Crippen LogP) is 5.34. The second kappa shape index (κ2) is 11.2. The SMILES string of the molecule is CC(C)(C)OC(=O)CCOC[C@@H]1CC[C@@H]1CO[Si](c1ccccc1)(c1ccccc1)C(C)(C)C. The molecule has 4 nitrogen and oxygen atoms in total. The first-order chi connectivity index (χ1) is 16.0. The van der Waals surface area contributed by atoms with Crippen molar-refractivity contribution >= 4 is 24.7 Å². The Morgan fingerprint density at radius 1 is 0.824 bits per heavy atom. The van der Waals surface area contributed by atoms with E-state index in [1.54, 1.807) is 0 Å². The average Bonchev–Trinajstić information content (AvgIpc) is 2.75. The van der Waals surface area contributed by atoms with Gasteiger partial charge >= 0.3 is 5.97 Å². The second-order valence-electron chi connectivity index (χ2n) is 11.5. The predicted molar refractivity (Wildman–Crippen MR) is 141 cm³/mol. The minimum absolute atomic E-state index is 0.0150. The zero-order chi connectivity index (χ0) is 24.8. The molecule has 2 aromatic rings. The Balaban J connectivity index is 1.64. The van der Waals surface area contributed by atoms with E-state index >= 15 is 0 Å². The van der Waals surface area contributed by atoms with Crippen molar-refractivity contribution in [3.63, 3.8) is 0 Å². The quantitative estimate of drug-likeness (QED) is 0.261. The first kappa shape index (κ1) is 26.6. The van der Waals surface area contributed by atoms with E-state index < -0.39 is 13.9 Å². The highest BCUT2D eigenvalue weighted by Gasteiger charge is 2.51. The van der Waals surface area contributed by atoms with Gasteiger partial charge in [-0.15, -0.1) is 0 Å². The standard InChI is InChI=1S/C29H42O4Si/c1-28(2,3)33-27(30)19-20-31-21-23-17-18-24(23)22-32-34(29(4,5)6,25-13-9-7-10-14-25)26-15-11-8-12-16-26/h7-16,23-24H,17-22H2,1-6H3/t23-,24+/m0/s1. The van der Waals surface area contributed by atoms with Crippen molar-refractivity contribution in [3.8, 4) is 0 Å². The molecule has 3 rings (SSSR count). The largest absolute Gasteiger partial charge is 0.460 e. The molecule has 0 unspecified atom stereocenters. The van der Waals surface area contributed by atoms with E-state index in [2.05, 4.69) is 81.4 Å². The Kier molecular flexibility index (Phi) is 8.77. The van der Waals surface area contributed by atoms with E-state index in [1.165, 1.54) is 10.4 Å². The van der Waals surface area contributed by atoms with Gasteiger partial charge in [-0.25, -0.2) is 0 Å². The van der Waals surface area contributed by atoms with Gasteiger partial charge < -0.3 is 13.9 Å². The molecule has 5 heteroatoms. The zero-order valence-electron chi connectivity index (χ0n) is 21.8. The summed E-state index contributed by atoms with van der Waals surface area (Å²) in [5, 5.41) is 2.62. The van der Waals surface area contributed by atoms with Crippen LogP contribution in [0, 0.1) is 11.8 Å². The molecule has 0 heterocycles. The monoisotopic (exact) mass is 482 g/mol. The van der Waals surface area contributed by atoms with E-state index in [9.17, 15) is 4.79 Å². The Hall–Kier alpha value is -1.95. The number of carbonyl (C=O) groups excluding carboxylic acids is 1. The summed E-state index contributed by atoms with van der Waals surface area (Å²) in [5.74, 6) is 0.771. The van der Waals surface area contributed by atoms with Gasteiger partial charge in [0.15, 0.2) is 0 Å². The van der Waals surface area contributed by atoms with Crippen LogP contribution in [0.4, 0.5) is 0 Å². The van der Waals surface area contributed by atoms with Gasteiger partial charge in [-0.3, -0.25) is 4.79 Å². The molecule has 34 heavy (non-hydrogen) atoms. The molecule has 1 fully saturated rings. The van der Waals surface area contributed by atoms with Crippen molar-refractivity contribution in [1.82, 2.24) is 0 Å². The number of benzene rings is 2. The van der Waals surface area contributed by atoms with E-state index in [0.29, 0.717) is 31.5 Å². The molecule has 0 spiro atoms. The average molecular weight is 483 g/mol. The minimum atomic E-state index is -2.50. The van der Waals surface area contributed by atoms with Crippen molar-refractivity contribution < 1.29 is 18.7 Å². The molecule has 1 saturated carbocycles. The third kappa shape index (κ3) is 6.59. The van der Waals surface area contributed by atoms with Crippen LogP contribution >= 0.6 is 0 Å². The fraction of sp³-hybridized carbons (Fsp3) is 0.552. The van der Waals surface area contributed by atoms with Crippen molar-refractivity contribution in [2.45, 2.75) is 71.4 Å². The fourth-order valence-corrected chi connectivity index (χ4v) is 9.47. The van der Waals surface area contributed by atoms with Crippen LogP contribution < -0.4 is 10.4 Å². The first-order valence-corrected chi connectivity index (χ1v) is 14.5. The lowest BCUT2D eigenvalue weighted by Gasteiger charge is -2.46. The van der Waals surface area contributed by atoms with E-state index in [4.69, 9.17) is 13.9 Å². The molecule has 2 atom stereocenters. The van der Waals surface area contributed by atoms with E-state index in [-0.39, 0.29) is 11.0 Å². The highest BCUT2D eigenvalue weighted by atomic mass is 28.4. The van der Waals surface area contributed by atoms with Crippen LogP contribution in [0.1, 0.15) is 60.8 Å². The third-order valence-electron chi connectivity index (χ3n) is 6.71. The molecule has 0 amide bonds. The number of ether oxygens (including phenoxy) is 2. The molecular weight excluding hydrogens is 440 g/mol. The molecule has 2 aromatic carbocycles. The van der Waals surface area contributed by atoms with Gasteiger partial charge in [-0.1, -0.05) is 81.4 Å². The summed E-state index contributed by atoms with van der Waals surface area (Å²) in [6.07, 6.45) is 2.62. The minimum Gasteiger partial charge on any atom is -0.460 e. The van der Waals surface area contributed by atoms with Crippen LogP contribution in [-0.4, -0.2) is 39.7 Å². The normalized spacial score (nSPS) is 18.9. The smallest absolute Gasteiger partial charge is 0.308 e. The number of carbonyl (C=O) groups is 1. The zero-order valence-corrected chi connectivity index (χ0v) is 22.8. The lowest BCUT2D eigenvalue weighted by Crippen LogP contribution is -2.67. The van der Waals surface area contributed by atoms with Crippen molar-refractivity contribution in [3.05, 3.63) is 60.7 Å². The lowest BCUT2D eigenvalue weighted by atomic mass is 9.75. The van der Waals surface area contributed by atoms with E-state index in [0.717, 1.165) is 19.4 Å². The number of rotatable bonds is 10. The van der Waals surface area contributed by atoms with Gasteiger partial charge in [0.1, 0.15) is 5.60 Å². The molecule has 0 N–H and O–H groups in total.